The zero-order chi connectivity index (χ0) is 11.5. The average molecular weight is 242 g/mol. The Kier molecular flexibility index (Phi) is 2.40. The number of sulfone groups is 1. The number of hydrogen-bond donors (Lipinski definition) is 0. The molecule has 0 N–H and O–H groups in total. The molecule has 0 aromatic heterocycles. The van der Waals surface area contributed by atoms with Crippen LogP contribution >= 0.6 is 0 Å². The third-order valence-electron chi connectivity index (χ3n) is 5.81. The lowest BCUT2D eigenvalue weighted by Crippen LogP contribution is -2.35. The van der Waals surface area contributed by atoms with Crippen molar-refractivity contribution >= 4 is 9.84 Å². The number of rotatable bonds is 0. The maximum Gasteiger partial charge on any atom is 0.150 e. The third kappa shape index (κ3) is 1.47. The molecule has 2 nitrogen and oxygen atoms in total. The van der Waals surface area contributed by atoms with Gasteiger partial charge in [-0.15, -0.1) is 0 Å². The molecule has 0 amide bonds. The summed E-state index contributed by atoms with van der Waals surface area (Å²) in [7, 11) is -2.74. The van der Waals surface area contributed by atoms with E-state index >= 15 is 0 Å². The summed E-state index contributed by atoms with van der Waals surface area (Å²) in [6, 6.07) is 0. The molecule has 3 fully saturated rings. The maximum absolute atomic E-state index is 11.9. The van der Waals surface area contributed by atoms with Crippen LogP contribution in [0.1, 0.15) is 33.1 Å². The van der Waals surface area contributed by atoms with Gasteiger partial charge < -0.3 is 0 Å². The fourth-order valence-electron chi connectivity index (χ4n) is 4.88. The van der Waals surface area contributed by atoms with Gasteiger partial charge in [0.15, 0.2) is 9.84 Å². The molecule has 3 aliphatic rings. The van der Waals surface area contributed by atoms with Crippen molar-refractivity contribution in [3.8, 4) is 0 Å². The van der Waals surface area contributed by atoms with E-state index in [0.717, 1.165) is 30.1 Å². The zero-order valence-corrected chi connectivity index (χ0v) is 11.0. The first-order chi connectivity index (χ1) is 7.49. The highest BCUT2D eigenvalue weighted by Crippen LogP contribution is 2.60. The van der Waals surface area contributed by atoms with Gasteiger partial charge in [0.1, 0.15) is 0 Å². The molecule has 0 spiro atoms. The molecule has 1 saturated heterocycles. The lowest BCUT2D eigenvalue weighted by atomic mass is 9.69. The maximum atomic E-state index is 11.9. The summed E-state index contributed by atoms with van der Waals surface area (Å²) in [5.74, 6) is 5.29. The molecule has 6 unspecified atom stereocenters. The minimum absolute atomic E-state index is 0.447. The highest BCUT2D eigenvalue weighted by molar-refractivity contribution is 7.91. The molecule has 0 radical (unpaired) electrons. The Hall–Kier alpha value is -0.0500. The van der Waals surface area contributed by atoms with Crippen molar-refractivity contribution in [2.45, 2.75) is 33.1 Å². The molecule has 6 atom stereocenters. The standard InChI is InChI=1S/C13H22O2S/c1-8-9(2)12-6-11(8)10-4-3-5-16(14,15)7-13(10)12/h8-13H,3-7H2,1-2H3. The Morgan fingerprint density at radius 2 is 1.56 bits per heavy atom. The van der Waals surface area contributed by atoms with Crippen LogP contribution in [-0.4, -0.2) is 19.9 Å². The minimum atomic E-state index is -2.74. The molecule has 16 heavy (non-hydrogen) atoms. The van der Waals surface area contributed by atoms with E-state index < -0.39 is 9.84 Å². The van der Waals surface area contributed by atoms with Crippen molar-refractivity contribution in [1.82, 2.24) is 0 Å². The topological polar surface area (TPSA) is 34.1 Å². The van der Waals surface area contributed by atoms with Gasteiger partial charge in [0, 0.05) is 0 Å². The van der Waals surface area contributed by atoms with Gasteiger partial charge in [-0.25, -0.2) is 8.42 Å². The molecular weight excluding hydrogens is 220 g/mol. The van der Waals surface area contributed by atoms with Crippen LogP contribution in [0.25, 0.3) is 0 Å². The van der Waals surface area contributed by atoms with E-state index in [1.165, 1.54) is 12.8 Å². The summed E-state index contributed by atoms with van der Waals surface area (Å²) >= 11 is 0. The number of hydrogen-bond acceptors (Lipinski definition) is 2. The highest BCUT2D eigenvalue weighted by Gasteiger charge is 2.55. The van der Waals surface area contributed by atoms with Crippen molar-refractivity contribution in [3.05, 3.63) is 0 Å². The Labute approximate surface area is 98.7 Å². The number of fused-ring (bicyclic) bond motifs is 5. The minimum Gasteiger partial charge on any atom is -0.229 e. The van der Waals surface area contributed by atoms with Crippen LogP contribution in [0, 0.1) is 35.5 Å². The molecule has 2 bridgehead atoms. The molecule has 1 aliphatic heterocycles. The van der Waals surface area contributed by atoms with Gasteiger partial charge in [0.2, 0.25) is 0 Å². The van der Waals surface area contributed by atoms with Crippen molar-refractivity contribution in [2.24, 2.45) is 35.5 Å². The fraction of sp³-hybridized carbons (Fsp3) is 1.00. The molecule has 0 aromatic carbocycles. The Morgan fingerprint density at radius 3 is 2.25 bits per heavy atom. The monoisotopic (exact) mass is 242 g/mol. The summed E-state index contributed by atoms with van der Waals surface area (Å²) < 4.78 is 23.8. The second-order valence-corrected chi connectivity index (χ2v) is 8.59. The Balaban J connectivity index is 1.91. The van der Waals surface area contributed by atoms with Gasteiger partial charge in [0.05, 0.1) is 11.5 Å². The summed E-state index contributed by atoms with van der Waals surface area (Å²) in [5, 5.41) is 0. The van der Waals surface area contributed by atoms with Gasteiger partial charge in [0.25, 0.3) is 0 Å². The summed E-state index contributed by atoms with van der Waals surface area (Å²) in [5.41, 5.74) is 0. The molecule has 3 heteroatoms. The first-order valence-electron chi connectivity index (χ1n) is 6.70. The van der Waals surface area contributed by atoms with E-state index in [2.05, 4.69) is 13.8 Å². The van der Waals surface area contributed by atoms with Gasteiger partial charge in [-0.05, 0) is 54.8 Å². The van der Waals surface area contributed by atoms with Crippen LogP contribution in [0.15, 0.2) is 0 Å². The smallest absolute Gasteiger partial charge is 0.150 e. The molecule has 0 aromatic rings. The molecule has 2 aliphatic carbocycles. The third-order valence-corrected chi connectivity index (χ3v) is 7.62. The van der Waals surface area contributed by atoms with Gasteiger partial charge in [-0.3, -0.25) is 0 Å². The van der Waals surface area contributed by atoms with Crippen molar-refractivity contribution in [2.75, 3.05) is 11.5 Å². The fourth-order valence-corrected chi connectivity index (χ4v) is 6.73. The van der Waals surface area contributed by atoms with Crippen LogP contribution in [0.3, 0.4) is 0 Å². The normalized spacial score (nSPS) is 54.6. The molecule has 92 valence electrons. The Morgan fingerprint density at radius 1 is 0.938 bits per heavy atom. The van der Waals surface area contributed by atoms with Crippen molar-refractivity contribution in [3.63, 3.8) is 0 Å². The quantitative estimate of drug-likeness (QED) is 0.653. The van der Waals surface area contributed by atoms with Gasteiger partial charge in [-0.2, -0.15) is 0 Å². The van der Waals surface area contributed by atoms with E-state index in [1.54, 1.807) is 0 Å². The van der Waals surface area contributed by atoms with E-state index in [9.17, 15) is 8.42 Å². The molecule has 3 rings (SSSR count). The van der Waals surface area contributed by atoms with Crippen LogP contribution < -0.4 is 0 Å². The second-order valence-electron chi connectivity index (χ2n) is 6.37. The average Bonchev–Trinajstić information content (AvgIpc) is 2.60. The van der Waals surface area contributed by atoms with Gasteiger partial charge >= 0.3 is 0 Å². The van der Waals surface area contributed by atoms with Crippen molar-refractivity contribution < 1.29 is 8.42 Å². The predicted molar refractivity (Wildman–Crippen MR) is 64.8 cm³/mol. The summed E-state index contributed by atoms with van der Waals surface area (Å²) in [6.45, 7) is 4.72. The molecule has 2 saturated carbocycles. The van der Waals surface area contributed by atoms with Crippen LogP contribution in [0.2, 0.25) is 0 Å². The highest BCUT2D eigenvalue weighted by atomic mass is 32.2. The lowest BCUT2D eigenvalue weighted by molar-refractivity contribution is 0.125. The van der Waals surface area contributed by atoms with E-state index in [-0.39, 0.29) is 0 Å². The largest absolute Gasteiger partial charge is 0.229 e. The molecular formula is C13H22O2S. The predicted octanol–water partition coefficient (Wildman–Crippen LogP) is 2.35. The first kappa shape index (κ1) is 11.1. The lowest BCUT2D eigenvalue weighted by Gasteiger charge is -2.37. The van der Waals surface area contributed by atoms with Gasteiger partial charge in [-0.1, -0.05) is 13.8 Å². The van der Waals surface area contributed by atoms with Crippen LogP contribution in [0.4, 0.5) is 0 Å². The second kappa shape index (κ2) is 3.47. The van der Waals surface area contributed by atoms with Crippen LogP contribution in [-0.2, 0) is 9.84 Å². The SMILES string of the molecule is CC1C(C)C2CC1C1CCCS(=O)(=O)CC21. The summed E-state index contributed by atoms with van der Waals surface area (Å²) in [4.78, 5) is 0. The summed E-state index contributed by atoms with van der Waals surface area (Å²) in [6.07, 6.45) is 3.39. The Bertz CT molecular complexity index is 387. The van der Waals surface area contributed by atoms with Crippen molar-refractivity contribution in [1.29, 1.82) is 0 Å². The first-order valence-corrected chi connectivity index (χ1v) is 8.52. The van der Waals surface area contributed by atoms with E-state index in [4.69, 9.17) is 0 Å². The van der Waals surface area contributed by atoms with Crippen LogP contribution in [0.5, 0.6) is 0 Å². The van der Waals surface area contributed by atoms with E-state index in [0.29, 0.717) is 23.3 Å². The van der Waals surface area contributed by atoms with E-state index in [1.807, 2.05) is 0 Å². The zero-order valence-electron chi connectivity index (χ0n) is 10.2. The molecule has 1 heterocycles.